The Labute approximate surface area is 201 Å². The number of hydrogen-bond donors (Lipinski definition) is 2. The summed E-state index contributed by atoms with van der Waals surface area (Å²) in [6.45, 7) is 3.83. The molecular weight excluding hydrogens is 452 g/mol. The second-order valence-corrected chi connectivity index (χ2v) is 11.0. The van der Waals surface area contributed by atoms with Gasteiger partial charge in [-0.3, -0.25) is 15.0 Å². The lowest BCUT2D eigenvalue weighted by atomic mass is 9.99. The molecule has 0 aromatic heterocycles. The number of carbonyl (C=O) groups excluding carboxylic acids is 2. The molecule has 2 fully saturated rings. The van der Waals surface area contributed by atoms with Crippen molar-refractivity contribution in [3.8, 4) is 0 Å². The fourth-order valence-electron chi connectivity index (χ4n) is 4.53. The largest absolute Gasteiger partial charge is 0.341 e. The van der Waals surface area contributed by atoms with Gasteiger partial charge in [0, 0.05) is 26.2 Å². The van der Waals surface area contributed by atoms with E-state index in [9.17, 15) is 18.0 Å². The Morgan fingerprint density at radius 2 is 1.62 bits per heavy atom. The lowest BCUT2D eigenvalue weighted by Crippen LogP contribution is -2.51. The number of aryl methyl sites for hydroxylation is 1. The van der Waals surface area contributed by atoms with Crippen molar-refractivity contribution in [2.24, 2.45) is 5.92 Å². The first-order valence-electron chi connectivity index (χ1n) is 11.8. The van der Waals surface area contributed by atoms with Crippen LogP contribution in [0, 0.1) is 12.8 Å². The minimum Gasteiger partial charge on any atom is -0.341 e. The Hall–Kier alpha value is -2.75. The number of rotatable bonds is 7. The SMILES string of the molecule is Cc1ccc(S(=O)(=O)N2CCC[C@H](C(=O)NN[C@H](C(=O)N3CCCC3)c3ccccc3)C2)cc1. The van der Waals surface area contributed by atoms with Crippen molar-refractivity contribution < 1.29 is 18.0 Å². The normalized spacial score (nSPS) is 20.1. The van der Waals surface area contributed by atoms with Crippen LogP contribution in [0.2, 0.25) is 0 Å². The third kappa shape index (κ3) is 5.48. The predicted molar refractivity (Wildman–Crippen MR) is 129 cm³/mol. The molecular formula is C25H32N4O4S. The van der Waals surface area contributed by atoms with E-state index in [2.05, 4.69) is 10.9 Å². The molecule has 2 atom stereocenters. The van der Waals surface area contributed by atoms with Crippen LogP contribution in [0.4, 0.5) is 0 Å². The van der Waals surface area contributed by atoms with Gasteiger partial charge in [-0.1, -0.05) is 48.0 Å². The van der Waals surface area contributed by atoms with Gasteiger partial charge in [-0.2, -0.15) is 4.31 Å². The summed E-state index contributed by atoms with van der Waals surface area (Å²) in [7, 11) is -3.67. The molecule has 2 aliphatic heterocycles. The summed E-state index contributed by atoms with van der Waals surface area (Å²) in [6, 6.07) is 15.4. The third-order valence-corrected chi connectivity index (χ3v) is 8.43. The highest BCUT2D eigenvalue weighted by molar-refractivity contribution is 7.89. The van der Waals surface area contributed by atoms with Crippen molar-refractivity contribution in [1.29, 1.82) is 0 Å². The van der Waals surface area contributed by atoms with Crippen molar-refractivity contribution in [1.82, 2.24) is 20.1 Å². The molecule has 0 radical (unpaired) electrons. The number of likely N-dealkylation sites (tertiary alicyclic amines) is 1. The molecule has 8 nitrogen and oxygen atoms in total. The maximum absolute atomic E-state index is 13.1. The fourth-order valence-corrected chi connectivity index (χ4v) is 6.06. The zero-order valence-electron chi connectivity index (χ0n) is 19.4. The zero-order valence-corrected chi connectivity index (χ0v) is 20.3. The van der Waals surface area contributed by atoms with E-state index < -0.39 is 22.0 Å². The number of hydrogen-bond acceptors (Lipinski definition) is 5. The monoisotopic (exact) mass is 484 g/mol. The second-order valence-electron chi connectivity index (χ2n) is 9.02. The highest BCUT2D eigenvalue weighted by Crippen LogP contribution is 2.24. The van der Waals surface area contributed by atoms with Gasteiger partial charge in [0.2, 0.25) is 21.8 Å². The third-order valence-electron chi connectivity index (χ3n) is 6.55. The molecule has 2 heterocycles. The number of hydrazine groups is 1. The van der Waals surface area contributed by atoms with Crippen LogP contribution in [0.5, 0.6) is 0 Å². The summed E-state index contributed by atoms with van der Waals surface area (Å²) in [6.07, 6.45) is 3.14. The van der Waals surface area contributed by atoms with E-state index in [0.717, 1.165) is 24.0 Å². The Morgan fingerprint density at radius 3 is 2.29 bits per heavy atom. The fraction of sp³-hybridized carbons (Fsp3) is 0.440. The minimum absolute atomic E-state index is 0.0729. The van der Waals surface area contributed by atoms with Gasteiger partial charge in [-0.05, 0) is 50.3 Å². The maximum Gasteiger partial charge on any atom is 0.246 e. The molecule has 2 amide bonds. The molecule has 0 aliphatic carbocycles. The number of piperidine rings is 1. The summed E-state index contributed by atoms with van der Waals surface area (Å²) in [5, 5.41) is 0. The van der Waals surface area contributed by atoms with Crippen LogP contribution in [-0.4, -0.2) is 55.6 Å². The Balaban J connectivity index is 1.42. The molecule has 182 valence electrons. The lowest BCUT2D eigenvalue weighted by molar-refractivity contribution is -0.134. The van der Waals surface area contributed by atoms with Crippen LogP contribution in [0.3, 0.4) is 0 Å². The van der Waals surface area contributed by atoms with Crippen molar-refractivity contribution in [2.75, 3.05) is 26.2 Å². The molecule has 9 heteroatoms. The molecule has 2 aliphatic rings. The maximum atomic E-state index is 13.1. The van der Waals surface area contributed by atoms with Gasteiger partial charge in [0.25, 0.3) is 0 Å². The van der Waals surface area contributed by atoms with E-state index in [1.54, 1.807) is 24.3 Å². The number of nitrogens with one attached hydrogen (secondary N) is 2. The average molecular weight is 485 g/mol. The molecule has 34 heavy (non-hydrogen) atoms. The zero-order chi connectivity index (χ0) is 24.1. The average Bonchev–Trinajstić information content (AvgIpc) is 3.40. The standard InChI is InChI=1S/C25H32N4O4S/c1-19-11-13-22(14-12-19)34(32,33)29-17-7-10-21(18-29)24(30)27-26-23(20-8-3-2-4-9-20)25(31)28-15-5-6-16-28/h2-4,8-9,11-14,21,23,26H,5-7,10,15-18H2,1H3,(H,27,30)/t21-,23-/m0/s1. The highest BCUT2D eigenvalue weighted by Gasteiger charge is 2.34. The smallest absolute Gasteiger partial charge is 0.246 e. The van der Waals surface area contributed by atoms with Crippen LogP contribution >= 0.6 is 0 Å². The molecule has 2 saturated heterocycles. The van der Waals surface area contributed by atoms with Crippen molar-refractivity contribution in [3.63, 3.8) is 0 Å². The van der Waals surface area contributed by atoms with Gasteiger partial charge in [-0.25, -0.2) is 13.8 Å². The molecule has 0 bridgehead atoms. The number of nitrogens with zero attached hydrogens (tertiary/aromatic N) is 2. The number of carbonyl (C=O) groups is 2. The Kier molecular flexibility index (Phi) is 7.65. The van der Waals surface area contributed by atoms with E-state index in [1.807, 2.05) is 42.2 Å². The first kappa shape index (κ1) is 24.4. The van der Waals surface area contributed by atoms with Crippen LogP contribution < -0.4 is 10.9 Å². The molecule has 4 rings (SSSR count). The molecule has 2 aromatic rings. The predicted octanol–water partition coefficient (Wildman–Crippen LogP) is 2.38. The van der Waals surface area contributed by atoms with E-state index >= 15 is 0 Å². The van der Waals surface area contributed by atoms with Crippen molar-refractivity contribution in [2.45, 2.75) is 43.5 Å². The number of benzene rings is 2. The highest BCUT2D eigenvalue weighted by atomic mass is 32.2. The molecule has 0 spiro atoms. The van der Waals surface area contributed by atoms with Gasteiger partial charge in [0.1, 0.15) is 6.04 Å². The van der Waals surface area contributed by atoms with Gasteiger partial charge < -0.3 is 4.90 Å². The lowest BCUT2D eigenvalue weighted by Gasteiger charge is -2.32. The molecule has 2 N–H and O–H groups in total. The van der Waals surface area contributed by atoms with Crippen LogP contribution in [-0.2, 0) is 19.6 Å². The second kappa shape index (κ2) is 10.7. The quantitative estimate of drug-likeness (QED) is 0.588. The first-order valence-corrected chi connectivity index (χ1v) is 13.3. The van der Waals surface area contributed by atoms with Crippen LogP contribution in [0.25, 0.3) is 0 Å². The van der Waals surface area contributed by atoms with Gasteiger partial charge in [0.15, 0.2) is 0 Å². The topological polar surface area (TPSA) is 98.8 Å². The van der Waals surface area contributed by atoms with Crippen LogP contribution in [0.15, 0.2) is 59.5 Å². The Morgan fingerprint density at radius 1 is 0.941 bits per heavy atom. The summed E-state index contributed by atoms with van der Waals surface area (Å²) >= 11 is 0. The van der Waals surface area contributed by atoms with E-state index in [4.69, 9.17) is 0 Å². The summed E-state index contributed by atoms with van der Waals surface area (Å²) in [5.74, 6) is -0.880. The Bertz CT molecular complexity index is 1100. The van der Waals surface area contributed by atoms with E-state index in [-0.39, 0.29) is 23.3 Å². The number of sulfonamides is 1. The summed E-state index contributed by atoms with van der Waals surface area (Å²) in [5.41, 5.74) is 7.41. The van der Waals surface area contributed by atoms with Gasteiger partial charge in [0.05, 0.1) is 10.8 Å². The minimum atomic E-state index is -3.67. The van der Waals surface area contributed by atoms with Gasteiger partial charge >= 0.3 is 0 Å². The van der Waals surface area contributed by atoms with Gasteiger partial charge in [-0.15, -0.1) is 0 Å². The van der Waals surface area contributed by atoms with E-state index in [1.165, 1.54) is 4.31 Å². The summed E-state index contributed by atoms with van der Waals surface area (Å²) < 4.78 is 27.5. The van der Waals surface area contributed by atoms with Crippen molar-refractivity contribution >= 4 is 21.8 Å². The summed E-state index contributed by atoms with van der Waals surface area (Å²) in [4.78, 5) is 28.2. The van der Waals surface area contributed by atoms with E-state index in [0.29, 0.717) is 32.5 Å². The molecule has 0 unspecified atom stereocenters. The van der Waals surface area contributed by atoms with Crippen molar-refractivity contribution in [3.05, 3.63) is 65.7 Å². The number of amides is 2. The molecule has 0 saturated carbocycles. The first-order chi connectivity index (χ1) is 16.4. The van der Waals surface area contributed by atoms with Crippen LogP contribution in [0.1, 0.15) is 42.9 Å². The molecule has 2 aromatic carbocycles.